The van der Waals surface area contributed by atoms with Gasteiger partial charge in [0.25, 0.3) is 0 Å². The van der Waals surface area contributed by atoms with Gasteiger partial charge in [-0.2, -0.15) is 0 Å². The minimum absolute atomic E-state index is 0.845. The van der Waals surface area contributed by atoms with Crippen LogP contribution >= 0.6 is 0 Å². The van der Waals surface area contributed by atoms with Crippen molar-refractivity contribution in [2.75, 3.05) is 0 Å². The Labute approximate surface area is 258 Å². The summed E-state index contributed by atoms with van der Waals surface area (Å²) in [5.74, 6) is 0.845. The van der Waals surface area contributed by atoms with Gasteiger partial charge in [-0.05, 0) is 104 Å². The van der Waals surface area contributed by atoms with E-state index in [1.165, 1.54) is 50.1 Å². The lowest BCUT2D eigenvalue weighted by Gasteiger charge is -2.18. The highest BCUT2D eigenvalue weighted by atomic mass is 16.3. The molecule has 1 aliphatic heterocycles. The van der Waals surface area contributed by atoms with Crippen molar-refractivity contribution in [2.45, 2.75) is 68.7 Å². The zero-order chi connectivity index (χ0) is 31.1. The van der Waals surface area contributed by atoms with Gasteiger partial charge in [0.15, 0.2) is 0 Å². The zero-order valence-corrected chi connectivity index (χ0v) is 27.3. The van der Waals surface area contributed by atoms with Crippen molar-refractivity contribution < 1.29 is 4.42 Å². The summed E-state index contributed by atoms with van der Waals surface area (Å²) in [6.45, 7) is 18.8. The summed E-state index contributed by atoms with van der Waals surface area (Å²) in [5, 5.41) is 2.02. The third-order valence-corrected chi connectivity index (χ3v) is 7.89. The van der Waals surface area contributed by atoms with Gasteiger partial charge in [0.1, 0.15) is 11.3 Å². The smallest absolute Gasteiger partial charge is 0.137 e. The van der Waals surface area contributed by atoms with Crippen LogP contribution < -0.4 is 5.36 Å². The Hall–Kier alpha value is -4.43. The fraction of sp³-hybridized carbons (Fsp3) is 0.244. The Kier molecular flexibility index (Phi) is 10.4. The molecular weight excluding hydrogens is 522 g/mol. The third-order valence-electron chi connectivity index (χ3n) is 7.89. The van der Waals surface area contributed by atoms with Gasteiger partial charge in [0.2, 0.25) is 0 Å². The molecule has 0 fully saturated rings. The van der Waals surface area contributed by atoms with Gasteiger partial charge in [-0.3, -0.25) is 0 Å². The van der Waals surface area contributed by atoms with Gasteiger partial charge < -0.3 is 4.42 Å². The van der Waals surface area contributed by atoms with E-state index in [1.54, 1.807) is 0 Å². The van der Waals surface area contributed by atoms with Crippen molar-refractivity contribution in [3.63, 3.8) is 0 Å². The molecule has 0 atom stereocenters. The van der Waals surface area contributed by atoms with Gasteiger partial charge in [0, 0.05) is 22.6 Å². The standard InChI is InChI=1S/C37H33NO.2C2H6/c1-23-10-6-7-15-30(23)36-31-18-16-28(20-33-24(2)11-8-12-25(33)3)21-34(31)39-35-22-29(17-19-32(35)36)38-37-26(4)13-9-14-27(37)5;2*1-2/h6-19,21-22H,20H2,1-5H3;2*1-2H3. The molecule has 0 spiro atoms. The van der Waals surface area contributed by atoms with Crippen LogP contribution in [0.2, 0.25) is 0 Å². The average Bonchev–Trinajstić information content (AvgIpc) is 3.02. The number of rotatable bonds is 4. The van der Waals surface area contributed by atoms with Gasteiger partial charge in [-0.1, -0.05) is 100 Å². The first-order chi connectivity index (χ1) is 20.9. The van der Waals surface area contributed by atoms with Crippen LogP contribution in [0.15, 0.2) is 106 Å². The molecule has 6 rings (SSSR count). The highest BCUT2D eigenvalue weighted by molar-refractivity contribution is 6.02. The largest absolute Gasteiger partial charge is 0.456 e. The molecular formula is C41H45NO. The first kappa shape index (κ1) is 31.5. The second-order valence-electron chi connectivity index (χ2n) is 10.7. The van der Waals surface area contributed by atoms with E-state index in [1.807, 2.05) is 27.7 Å². The number of fused-ring (bicyclic) bond motifs is 2. The summed E-state index contributed by atoms with van der Waals surface area (Å²) >= 11 is 0. The van der Waals surface area contributed by atoms with Crippen LogP contribution in [0.3, 0.4) is 0 Å². The van der Waals surface area contributed by atoms with Gasteiger partial charge in [-0.25, -0.2) is 4.99 Å². The number of para-hydroxylation sites is 1. The fourth-order valence-corrected chi connectivity index (χ4v) is 5.69. The maximum Gasteiger partial charge on any atom is 0.137 e. The molecule has 220 valence electrons. The van der Waals surface area contributed by atoms with Crippen molar-refractivity contribution in [3.8, 4) is 22.5 Å². The van der Waals surface area contributed by atoms with Gasteiger partial charge >= 0.3 is 0 Å². The number of benzene rings is 5. The molecule has 2 aliphatic rings. The summed E-state index contributed by atoms with van der Waals surface area (Å²) in [6.07, 6.45) is 0.879. The fourth-order valence-electron chi connectivity index (χ4n) is 5.69. The molecule has 1 heterocycles. The van der Waals surface area contributed by atoms with E-state index in [4.69, 9.17) is 9.41 Å². The van der Waals surface area contributed by atoms with E-state index >= 15 is 0 Å². The van der Waals surface area contributed by atoms with E-state index in [9.17, 15) is 0 Å². The van der Waals surface area contributed by atoms with E-state index in [2.05, 4.69) is 132 Å². The molecule has 0 bridgehead atoms. The summed E-state index contributed by atoms with van der Waals surface area (Å²) in [5.41, 5.74) is 14.3. The maximum atomic E-state index is 6.67. The monoisotopic (exact) mass is 567 g/mol. The van der Waals surface area contributed by atoms with Crippen molar-refractivity contribution in [1.82, 2.24) is 0 Å². The van der Waals surface area contributed by atoms with E-state index in [-0.39, 0.29) is 0 Å². The molecule has 0 unspecified atom stereocenters. The lowest BCUT2D eigenvalue weighted by Crippen LogP contribution is -2.03. The topological polar surface area (TPSA) is 25.5 Å². The maximum absolute atomic E-state index is 6.67. The molecule has 43 heavy (non-hydrogen) atoms. The highest BCUT2D eigenvalue weighted by Gasteiger charge is 2.19. The van der Waals surface area contributed by atoms with Crippen molar-refractivity contribution in [1.29, 1.82) is 0 Å². The minimum Gasteiger partial charge on any atom is -0.456 e. The number of hydrogen-bond acceptors (Lipinski definition) is 2. The molecule has 0 saturated heterocycles. The van der Waals surface area contributed by atoms with Crippen LogP contribution in [0.25, 0.3) is 33.4 Å². The van der Waals surface area contributed by atoms with Crippen LogP contribution in [-0.4, -0.2) is 0 Å². The zero-order valence-electron chi connectivity index (χ0n) is 27.3. The van der Waals surface area contributed by atoms with Crippen LogP contribution in [0.4, 0.5) is 5.69 Å². The summed E-state index contributed by atoms with van der Waals surface area (Å²) in [4.78, 5) is 5.02. The Balaban J connectivity index is 0.00000102. The van der Waals surface area contributed by atoms with E-state index < -0.39 is 0 Å². The molecule has 0 aromatic heterocycles. The lowest BCUT2D eigenvalue weighted by molar-refractivity contribution is 0.618. The molecule has 0 N–H and O–H groups in total. The Morgan fingerprint density at radius 2 is 1.16 bits per heavy atom. The molecule has 4 aromatic carbocycles. The molecule has 0 radical (unpaired) electrons. The molecule has 4 aromatic rings. The quantitative estimate of drug-likeness (QED) is 0.195. The third kappa shape index (κ3) is 6.65. The molecule has 1 aliphatic carbocycles. The van der Waals surface area contributed by atoms with Gasteiger partial charge in [-0.15, -0.1) is 0 Å². The van der Waals surface area contributed by atoms with Crippen LogP contribution in [-0.2, 0) is 6.42 Å². The summed E-state index contributed by atoms with van der Waals surface area (Å²) in [7, 11) is 0. The summed E-state index contributed by atoms with van der Waals surface area (Å²) in [6, 6.07) is 34.5. The Morgan fingerprint density at radius 1 is 0.558 bits per heavy atom. The number of nitrogens with zero attached hydrogens (tertiary/aromatic N) is 1. The summed E-state index contributed by atoms with van der Waals surface area (Å²) < 4.78 is 6.67. The van der Waals surface area contributed by atoms with Crippen LogP contribution in [0, 0.1) is 34.6 Å². The normalized spacial score (nSPS) is 11.1. The first-order valence-corrected chi connectivity index (χ1v) is 15.6. The first-order valence-electron chi connectivity index (χ1n) is 15.6. The molecule has 2 heteroatoms. The second-order valence-corrected chi connectivity index (χ2v) is 10.7. The predicted octanol–water partition coefficient (Wildman–Crippen LogP) is 11.6. The number of hydrogen-bond donors (Lipinski definition) is 0. The molecule has 2 nitrogen and oxygen atoms in total. The van der Waals surface area contributed by atoms with Crippen molar-refractivity contribution >= 4 is 16.7 Å². The van der Waals surface area contributed by atoms with Crippen LogP contribution in [0.1, 0.15) is 66.6 Å². The Bertz CT molecular complexity index is 1850. The highest BCUT2D eigenvalue weighted by Crippen LogP contribution is 2.41. The average molecular weight is 568 g/mol. The van der Waals surface area contributed by atoms with E-state index in [0.717, 1.165) is 39.8 Å². The SMILES string of the molecule is CC.CC.Cc1ccccc1-c1c2ccc(=Nc3c(C)cccc3C)cc-2oc2cc(Cc3c(C)cccc3C)ccc12. The van der Waals surface area contributed by atoms with Crippen molar-refractivity contribution in [2.24, 2.45) is 4.99 Å². The second kappa shape index (κ2) is 14.2. The van der Waals surface area contributed by atoms with Crippen molar-refractivity contribution in [3.05, 3.63) is 141 Å². The van der Waals surface area contributed by atoms with Gasteiger partial charge in [0.05, 0.1) is 11.0 Å². The molecule has 0 amide bonds. The predicted molar refractivity (Wildman–Crippen MR) is 186 cm³/mol. The molecule has 0 saturated carbocycles. The van der Waals surface area contributed by atoms with E-state index in [0.29, 0.717) is 0 Å². The Morgan fingerprint density at radius 3 is 1.81 bits per heavy atom. The van der Waals surface area contributed by atoms with Crippen LogP contribution in [0.5, 0.6) is 0 Å². The lowest BCUT2D eigenvalue weighted by atomic mass is 9.90. The minimum atomic E-state index is 0.845. The number of aryl methyl sites for hydroxylation is 5.